The maximum absolute atomic E-state index is 12.9. The zero-order chi connectivity index (χ0) is 18.5. The molecule has 0 amide bonds. The number of nitrogens with zero attached hydrogens (tertiary/aromatic N) is 1. The molecule has 0 radical (unpaired) electrons. The molecule has 0 unspecified atom stereocenters. The number of carbonyl (C=O) groups excluding carboxylic acids is 1. The molecule has 0 saturated heterocycles. The van der Waals surface area contributed by atoms with Gasteiger partial charge in [0.25, 0.3) is 0 Å². The van der Waals surface area contributed by atoms with Crippen molar-refractivity contribution in [2.45, 2.75) is 26.9 Å². The molecule has 0 saturated carbocycles. The maximum atomic E-state index is 12.9. The number of aryl methyl sites for hydroxylation is 2. The van der Waals surface area contributed by atoms with Gasteiger partial charge in [0.15, 0.2) is 5.78 Å². The van der Waals surface area contributed by atoms with Gasteiger partial charge < -0.3 is 4.74 Å². The molecular formula is C22H20FNO2. The molecule has 132 valence electrons. The molecule has 1 heterocycles. The fourth-order valence-electron chi connectivity index (χ4n) is 2.82. The molecule has 0 bridgehead atoms. The Morgan fingerprint density at radius 3 is 2.35 bits per heavy atom. The van der Waals surface area contributed by atoms with Crippen molar-refractivity contribution >= 4 is 5.78 Å². The first kappa shape index (κ1) is 17.8. The molecule has 0 aliphatic rings. The summed E-state index contributed by atoms with van der Waals surface area (Å²) in [6.07, 6.45) is 0.325. The summed E-state index contributed by atoms with van der Waals surface area (Å²) in [7, 11) is 0. The molecular weight excluding hydrogens is 329 g/mol. The van der Waals surface area contributed by atoms with Crippen molar-refractivity contribution in [2.24, 2.45) is 0 Å². The molecule has 0 aliphatic heterocycles. The van der Waals surface area contributed by atoms with E-state index in [2.05, 4.69) is 4.98 Å². The highest BCUT2D eigenvalue weighted by molar-refractivity contribution is 5.97. The fraction of sp³-hybridized carbons (Fsp3) is 0.182. The zero-order valence-electron chi connectivity index (χ0n) is 14.8. The quantitative estimate of drug-likeness (QED) is 0.598. The smallest absolute Gasteiger partial charge is 0.167 e. The SMILES string of the molecule is Cc1cc(CC(=O)c2cccc(OCc3ccc(F)cc3)c2)cc(C)n1. The van der Waals surface area contributed by atoms with Crippen LogP contribution in [0.2, 0.25) is 0 Å². The van der Waals surface area contributed by atoms with Gasteiger partial charge in [-0.2, -0.15) is 0 Å². The fourth-order valence-corrected chi connectivity index (χ4v) is 2.82. The number of hydrogen-bond donors (Lipinski definition) is 0. The molecule has 1 aromatic heterocycles. The molecule has 0 fully saturated rings. The standard InChI is InChI=1S/C22H20FNO2/c1-15-10-18(11-16(2)24-15)12-22(25)19-4-3-5-21(13-19)26-14-17-6-8-20(23)9-7-17/h3-11,13H,12,14H2,1-2H3. The summed E-state index contributed by atoms with van der Waals surface area (Å²) >= 11 is 0. The van der Waals surface area contributed by atoms with Crippen LogP contribution >= 0.6 is 0 Å². The first-order valence-corrected chi connectivity index (χ1v) is 8.44. The molecule has 4 heteroatoms. The number of rotatable bonds is 6. The van der Waals surface area contributed by atoms with E-state index in [0.717, 1.165) is 22.5 Å². The predicted octanol–water partition coefficient (Wildman–Crippen LogP) is 4.84. The third kappa shape index (κ3) is 4.76. The van der Waals surface area contributed by atoms with Crippen LogP contribution in [0.3, 0.4) is 0 Å². The molecule has 0 atom stereocenters. The van der Waals surface area contributed by atoms with Gasteiger partial charge in [0, 0.05) is 23.4 Å². The van der Waals surface area contributed by atoms with Crippen LogP contribution in [-0.2, 0) is 13.0 Å². The van der Waals surface area contributed by atoms with E-state index < -0.39 is 0 Å². The minimum absolute atomic E-state index is 0.0298. The number of hydrogen-bond acceptors (Lipinski definition) is 3. The summed E-state index contributed by atoms with van der Waals surface area (Å²) in [5.41, 5.74) is 4.24. The van der Waals surface area contributed by atoms with Gasteiger partial charge >= 0.3 is 0 Å². The monoisotopic (exact) mass is 349 g/mol. The van der Waals surface area contributed by atoms with E-state index in [-0.39, 0.29) is 11.6 Å². The van der Waals surface area contributed by atoms with E-state index in [4.69, 9.17) is 4.74 Å². The molecule has 0 spiro atoms. The lowest BCUT2D eigenvalue weighted by atomic mass is 10.0. The van der Waals surface area contributed by atoms with E-state index in [1.165, 1.54) is 12.1 Å². The number of aromatic nitrogens is 1. The number of ketones is 1. The van der Waals surface area contributed by atoms with Gasteiger partial charge in [0.2, 0.25) is 0 Å². The molecule has 3 rings (SSSR count). The van der Waals surface area contributed by atoms with Crippen LogP contribution in [0, 0.1) is 19.7 Å². The average Bonchev–Trinajstić information content (AvgIpc) is 2.60. The number of halogens is 1. The van der Waals surface area contributed by atoms with Gasteiger partial charge in [-0.3, -0.25) is 9.78 Å². The van der Waals surface area contributed by atoms with Crippen molar-refractivity contribution in [3.05, 3.63) is 94.6 Å². The molecule has 0 aliphatic carbocycles. The lowest BCUT2D eigenvalue weighted by molar-refractivity contribution is 0.0992. The number of Topliss-reactive ketones (excluding diaryl/α,β-unsaturated/α-hetero) is 1. The number of benzene rings is 2. The van der Waals surface area contributed by atoms with Crippen LogP contribution in [0.1, 0.15) is 32.9 Å². The van der Waals surface area contributed by atoms with Crippen LogP contribution in [-0.4, -0.2) is 10.8 Å². The Morgan fingerprint density at radius 1 is 0.962 bits per heavy atom. The number of carbonyl (C=O) groups is 1. The third-order valence-electron chi connectivity index (χ3n) is 3.98. The van der Waals surface area contributed by atoms with Crippen molar-refractivity contribution < 1.29 is 13.9 Å². The van der Waals surface area contributed by atoms with Crippen molar-refractivity contribution in [1.29, 1.82) is 0 Å². The summed E-state index contributed by atoms with van der Waals surface area (Å²) in [4.78, 5) is 16.9. The van der Waals surface area contributed by atoms with Gasteiger partial charge in [-0.15, -0.1) is 0 Å². The summed E-state index contributed by atoms with van der Waals surface area (Å²) in [5, 5.41) is 0. The summed E-state index contributed by atoms with van der Waals surface area (Å²) in [5.74, 6) is 0.368. The van der Waals surface area contributed by atoms with Crippen molar-refractivity contribution in [2.75, 3.05) is 0 Å². The maximum Gasteiger partial charge on any atom is 0.167 e. The normalized spacial score (nSPS) is 10.6. The minimum Gasteiger partial charge on any atom is -0.489 e. The van der Waals surface area contributed by atoms with Crippen molar-refractivity contribution in [3.8, 4) is 5.75 Å². The van der Waals surface area contributed by atoms with E-state index in [1.54, 1.807) is 36.4 Å². The Morgan fingerprint density at radius 2 is 1.65 bits per heavy atom. The Labute approximate surface area is 152 Å². The first-order valence-electron chi connectivity index (χ1n) is 8.44. The third-order valence-corrected chi connectivity index (χ3v) is 3.98. The Hall–Kier alpha value is -3.01. The van der Waals surface area contributed by atoms with Gasteiger partial charge in [0.05, 0.1) is 0 Å². The summed E-state index contributed by atoms with van der Waals surface area (Å²) in [6.45, 7) is 4.16. The number of ether oxygens (including phenoxy) is 1. The molecule has 3 aromatic rings. The molecule has 3 nitrogen and oxygen atoms in total. The second kappa shape index (κ2) is 7.91. The van der Waals surface area contributed by atoms with Crippen LogP contribution in [0.15, 0.2) is 60.7 Å². The van der Waals surface area contributed by atoms with Crippen LogP contribution in [0.4, 0.5) is 4.39 Å². The molecule has 0 N–H and O–H groups in total. The topological polar surface area (TPSA) is 39.2 Å². The average molecular weight is 349 g/mol. The van der Waals surface area contributed by atoms with Crippen LogP contribution in [0.25, 0.3) is 0 Å². The molecule has 2 aromatic carbocycles. The highest BCUT2D eigenvalue weighted by atomic mass is 19.1. The van der Waals surface area contributed by atoms with E-state index in [0.29, 0.717) is 24.3 Å². The van der Waals surface area contributed by atoms with Crippen molar-refractivity contribution in [3.63, 3.8) is 0 Å². The largest absolute Gasteiger partial charge is 0.489 e. The predicted molar refractivity (Wildman–Crippen MR) is 98.9 cm³/mol. The number of pyridine rings is 1. The Kier molecular flexibility index (Phi) is 5.42. The highest BCUT2D eigenvalue weighted by Crippen LogP contribution is 2.18. The van der Waals surface area contributed by atoms with Crippen molar-refractivity contribution in [1.82, 2.24) is 4.98 Å². The second-order valence-electron chi connectivity index (χ2n) is 6.30. The lowest BCUT2D eigenvalue weighted by Crippen LogP contribution is -2.05. The highest BCUT2D eigenvalue weighted by Gasteiger charge is 2.09. The summed E-state index contributed by atoms with van der Waals surface area (Å²) < 4.78 is 18.7. The second-order valence-corrected chi connectivity index (χ2v) is 6.30. The minimum atomic E-state index is -0.275. The molecule has 26 heavy (non-hydrogen) atoms. The van der Waals surface area contributed by atoms with Crippen LogP contribution < -0.4 is 4.74 Å². The van der Waals surface area contributed by atoms with Crippen LogP contribution in [0.5, 0.6) is 5.75 Å². The zero-order valence-corrected chi connectivity index (χ0v) is 14.8. The Bertz CT molecular complexity index is 899. The van der Waals surface area contributed by atoms with Gasteiger partial charge in [-0.05, 0) is 61.4 Å². The van der Waals surface area contributed by atoms with E-state index in [1.807, 2.05) is 26.0 Å². The van der Waals surface area contributed by atoms with Gasteiger partial charge in [-0.25, -0.2) is 4.39 Å². The van der Waals surface area contributed by atoms with Gasteiger partial charge in [0.1, 0.15) is 18.2 Å². The van der Waals surface area contributed by atoms with E-state index in [9.17, 15) is 9.18 Å². The first-order chi connectivity index (χ1) is 12.5. The Balaban J connectivity index is 1.67. The summed E-state index contributed by atoms with van der Waals surface area (Å²) in [6, 6.07) is 17.2. The van der Waals surface area contributed by atoms with E-state index >= 15 is 0 Å². The lowest BCUT2D eigenvalue weighted by Gasteiger charge is -2.09. The van der Waals surface area contributed by atoms with Gasteiger partial charge in [-0.1, -0.05) is 24.3 Å².